The molecule has 0 spiro atoms. The van der Waals surface area contributed by atoms with Crippen molar-refractivity contribution in [3.63, 3.8) is 0 Å². The summed E-state index contributed by atoms with van der Waals surface area (Å²) in [7, 11) is 2.10. The minimum atomic E-state index is -0.680. The molecule has 178 valence electrons. The van der Waals surface area contributed by atoms with Gasteiger partial charge in [0.1, 0.15) is 0 Å². The topological polar surface area (TPSA) is 64.0 Å². The van der Waals surface area contributed by atoms with Gasteiger partial charge >= 0.3 is 6.16 Å². The molecule has 1 aromatic carbocycles. The van der Waals surface area contributed by atoms with Crippen molar-refractivity contribution in [2.45, 2.75) is 46.4 Å². The van der Waals surface area contributed by atoms with Gasteiger partial charge < -0.3 is 14.4 Å². The van der Waals surface area contributed by atoms with E-state index in [2.05, 4.69) is 40.0 Å². The fraction of sp³-hybridized carbons (Fsp3) is 0.520. The molecule has 2 aliphatic rings. The van der Waals surface area contributed by atoms with E-state index in [1.54, 1.807) is 6.92 Å². The summed E-state index contributed by atoms with van der Waals surface area (Å²) in [4.78, 5) is 29.3. The second-order valence-electron chi connectivity index (χ2n) is 8.64. The Balaban J connectivity index is 1.79. The number of halogens is 1. The van der Waals surface area contributed by atoms with Gasteiger partial charge in [0, 0.05) is 31.1 Å². The van der Waals surface area contributed by atoms with Crippen LogP contribution in [0.1, 0.15) is 45.0 Å². The molecule has 33 heavy (non-hydrogen) atoms. The smallest absolute Gasteiger partial charge is 0.435 e. The molecule has 2 heterocycles. The van der Waals surface area contributed by atoms with Crippen molar-refractivity contribution in [2.24, 2.45) is 5.92 Å². The Morgan fingerprint density at radius 1 is 1.24 bits per heavy atom. The van der Waals surface area contributed by atoms with E-state index in [1.807, 2.05) is 42.4 Å². The van der Waals surface area contributed by atoms with Crippen LogP contribution >= 0.6 is 15.9 Å². The molecular weight excluding hydrogens is 486 g/mol. The van der Waals surface area contributed by atoms with Gasteiger partial charge in [0.25, 0.3) is 0 Å². The van der Waals surface area contributed by atoms with Crippen molar-refractivity contribution < 1.29 is 19.1 Å². The molecule has 1 aliphatic carbocycles. The van der Waals surface area contributed by atoms with Gasteiger partial charge in [-0.1, -0.05) is 18.2 Å². The zero-order chi connectivity index (χ0) is 23.9. The van der Waals surface area contributed by atoms with Gasteiger partial charge in [0.15, 0.2) is 6.23 Å². The van der Waals surface area contributed by atoms with E-state index < -0.39 is 12.4 Å². The molecule has 7 nitrogen and oxygen atoms in total. The number of aromatic nitrogens is 1. The number of rotatable bonds is 6. The summed E-state index contributed by atoms with van der Waals surface area (Å²) in [5, 5.41) is 1.15. The van der Waals surface area contributed by atoms with E-state index in [0.717, 1.165) is 40.6 Å². The standard InChI is InChI=1S/C25H32BrN3O4/c1-6-28(7-2)24(30)16-12-18-17-10-9-11-20-22(17)19(13-21(18)27(5)14-16)23(26)29(20)15(4)33-25(31)32-8-3/h9-12,15-16,21H,6-8,13-14H2,1-5H3. The van der Waals surface area contributed by atoms with Crippen LogP contribution < -0.4 is 0 Å². The number of fused-ring (bicyclic) bond motifs is 2. The third-order valence-corrected chi connectivity index (χ3v) is 7.67. The first kappa shape index (κ1) is 23.8. The zero-order valence-electron chi connectivity index (χ0n) is 19.9. The molecule has 0 fully saturated rings. The summed E-state index contributed by atoms with van der Waals surface area (Å²) in [5.74, 6) is 0.0283. The monoisotopic (exact) mass is 517 g/mol. The number of ether oxygens (including phenoxy) is 2. The molecule has 1 amide bonds. The van der Waals surface area contributed by atoms with E-state index in [9.17, 15) is 9.59 Å². The van der Waals surface area contributed by atoms with Gasteiger partial charge in [-0.15, -0.1) is 0 Å². The van der Waals surface area contributed by atoms with Crippen LogP contribution in [0.4, 0.5) is 4.79 Å². The van der Waals surface area contributed by atoms with Crippen molar-refractivity contribution in [2.75, 3.05) is 33.3 Å². The van der Waals surface area contributed by atoms with Crippen LogP contribution in [0.5, 0.6) is 0 Å². The normalized spacial score (nSPS) is 20.7. The predicted octanol–water partition coefficient (Wildman–Crippen LogP) is 4.83. The number of carbonyl (C=O) groups excluding carboxylic acids is 2. The van der Waals surface area contributed by atoms with Crippen LogP contribution in [0, 0.1) is 5.92 Å². The Hall–Kier alpha value is -2.32. The molecule has 0 radical (unpaired) electrons. The second-order valence-corrected chi connectivity index (χ2v) is 9.39. The minimum Gasteiger partial charge on any atom is -0.435 e. The fourth-order valence-corrected chi connectivity index (χ4v) is 6.08. The number of nitrogens with zero attached hydrogens (tertiary/aromatic N) is 3. The Morgan fingerprint density at radius 3 is 2.64 bits per heavy atom. The lowest BCUT2D eigenvalue weighted by Crippen LogP contribution is -2.47. The van der Waals surface area contributed by atoms with Gasteiger partial charge in [0.05, 0.1) is 22.6 Å². The van der Waals surface area contributed by atoms with Crippen LogP contribution in [0.25, 0.3) is 16.5 Å². The average molecular weight is 518 g/mol. The molecule has 8 heteroatoms. The summed E-state index contributed by atoms with van der Waals surface area (Å²) in [6.45, 7) is 10.1. The molecular formula is C25H32BrN3O4. The molecule has 0 N–H and O–H groups in total. The maximum absolute atomic E-state index is 13.2. The Morgan fingerprint density at radius 2 is 1.97 bits per heavy atom. The molecule has 0 saturated heterocycles. The lowest BCUT2D eigenvalue weighted by atomic mass is 9.79. The van der Waals surface area contributed by atoms with Crippen molar-refractivity contribution in [3.05, 3.63) is 40.0 Å². The third-order valence-electron chi connectivity index (χ3n) is 6.81. The Bertz CT molecular complexity index is 1100. The molecule has 2 aromatic rings. The SMILES string of the molecule is CCOC(=O)OC(C)n1c(Br)c2c3c(cccc31)C1=CC(C(=O)N(CC)CC)CN(C)C1C2. The molecule has 3 unspecified atom stereocenters. The first-order valence-electron chi connectivity index (χ1n) is 11.7. The summed E-state index contributed by atoms with van der Waals surface area (Å²) in [6.07, 6.45) is 1.79. The number of hydrogen-bond acceptors (Lipinski definition) is 5. The zero-order valence-corrected chi connectivity index (χ0v) is 21.5. The van der Waals surface area contributed by atoms with E-state index in [0.29, 0.717) is 6.54 Å². The molecule has 0 bridgehead atoms. The molecule has 3 atom stereocenters. The number of hydrogen-bond donors (Lipinski definition) is 0. The first-order valence-corrected chi connectivity index (χ1v) is 12.5. The van der Waals surface area contributed by atoms with Crippen LogP contribution in [-0.4, -0.2) is 65.8 Å². The van der Waals surface area contributed by atoms with Crippen LogP contribution in [-0.2, 0) is 20.7 Å². The largest absolute Gasteiger partial charge is 0.510 e. The van der Waals surface area contributed by atoms with E-state index in [1.165, 1.54) is 11.1 Å². The number of amides is 1. The van der Waals surface area contributed by atoms with Crippen molar-refractivity contribution in [1.29, 1.82) is 0 Å². The number of likely N-dealkylation sites (N-methyl/N-ethyl adjacent to an activating group) is 1. The molecule has 0 saturated carbocycles. The number of benzene rings is 1. The van der Waals surface area contributed by atoms with Crippen molar-refractivity contribution in [1.82, 2.24) is 14.4 Å². The number of carbonyl (C=O) groups is 2. The Labute approximate surface area is 203 Å². The van der Waals surface area contributed by atoms with Gasteiger partial charge in [-0.25, -0.2) is 4.79 Å². The highest BCUT2D eigenvalue weighted by molar-refractivity contribution is 9.10. The minimum absolute atomic E-state index is 0.158. The predicted molar refractivity (Wildman–Crippen MR) is 132 cm³/mol. The quantitative estimate of drug-likeness (QED) is 0.513. The fourth-order valence-electron chi connectivity index (χ4n) is 5.24. The van der Waals surface area contributed by atoms with Crippen molar-refractivity contribution in [3.8, 4) is 0 Å². The van der Waals surface area contributed by atoms with Crippen LogP contribution in [0.15, 0.2) is 28.9 Å². The first-order chi connectivity index (χ1) is 15.8. The van der Waals surface area contributed by atoms with Crippen LogP contribution in [0.3, 0.4) is 0 Å². The van der Waals surface area contributed by atoms with E-state index in [4.69, 9.17) is 9.47 Å². The summed E-state index contributed by atoms with van der Waals surface area (Å²) in [5.41, 5.74) is 4.54. The highest BCUT2D eigenvalue weighted by Crippen LogP contribution is 2.46. The molecule has 1 aromatic heterocycles. The van der Waals surface area contributed by atoms with Gasteiger partial charge in [-0.05, 0) is 79.9 Å². The van der Waals surface area contributed by atoms with Crippen molar-refractivity contribution >= 4 is 44.5 Å². The average Bonchev–Trinajstić information content (AvgIpc) is 3.07. The van der Waals surface area contributed by atoms with Gasteiger partial charge in [0.2, 0.25) is 5.91 Å². The molecule has 1 aliphatic heterocycles. The van der Waals surface area contributed by atoms with Crippen LogP contribution in [0.2, 0.25) is 0 Å². The Kier molecular flexibility index (Phi) is 6.86. The van der Waals surface area contributed by atoms with Gasteiger partial charge in [-0.3, -0.25) is 14.3 Å². The highest BCUT2D eigenvalue weighted by Gasteiger charge is 2.38. The lowest BCUT2D eigenvalue weighted by Gasteiger charge is -2.40. The van der Waals surface area contributed by atoms with E-state index in [-0.39, 0.29) is 24.5 Å². The maximum Gasteiger partial charge on any atom is 0.510 e. The third kappa shape index (κ3) is 4.08. The molecule has 4 rings (SSSR count). The van der Waals surface area contributed by atoms with Gasteiger partial charge in [-0.2, -0.15) is 0 Å². The van der Waals surface area contributed by atoms with E-state index >= 15 is 0 Å². The maximum atomic E-state index is 13.2. The highest BCUT2D eigenvalue weighted by atomic mass is 79.9. The summed E-state index contributed by atoms with van der Waals surface area (Å²) >= 11 is 3.79. The summed E-state index contributed by atoms with van der Waals surface area (Å²) in [6, 6.07) is 6.40. The lowest BCUT2D eigenvalue weighted by molar-refractivity contribution is -0.134. The second kappa shape index (κ2) is 9.50. The summed E-state index contributed by atoms with van der Waals surface area (Å²) < 4.78 is 13.4.